The van der Waals surface area contributed by atoms with Gasteiger partial charge in [-0.15, -0.1) is 0 Å². The van der Waals surface area contributed by atoms with Gasteiger partial charge in [0.15, 0.2) is 9.84 Å². The van der Waals surface area contributed by atoms with Gasteiger partial charge in [-0.05, 0) is 82.5 Å². The predicted molar refractivity (Wildman–Crippen MR) is 186 cm³/mol. The van der Waals surface area contributed by atoms with E-state index in [0.29, 0.717) is 43.7 Å². The highest BCUT2D eigenvalue weighted by molar-refractivity contribution is 7.92. The molecule has 2 aromatic rings. The highest BCUT2D eigenvalue weighted by Crippen LogP contribution is 2.32. The molecule has 3 rings (SSSR count). The normalized spacial score (nSPS) is 15.2. The maximum atomic E-state index is 13.6. The minimum absolute atomic E-state index is 0.0283. The number of nitrogens with one attached hydrogen (secondary N) is 2. The minimum atomic E-state index is -3.70. The van der Waals surface area contributed by atoms with Crippen LogP contribution in [0.15, 0.2) is 47.4 Å². The number of benzene rings is 2. The number of hydrogen-bond acceptors (Lipinski definition) is 9. The van der Waals surface area contributed by atoms with Crippen LogP contribution in [0, 0.1) is 0 Å². The van der Waals surface area contributed by atoms with Gasteiger partial charge in [0.1, 0.15) is 5.60 Å². The Morgan fingerprint density at radius 3 is 2.17 bits per heavy atom. The summed E-state index contributed by atoms with van der Waals surface area (Å²) >= 11 is 0. The van der Waals surface area contributed by atoms with Crippen LogP contribution in [0.2, 0.25) is 0 Å². The van der Waals surface area contributed by atoms with Crippen molar-refractivity contribution in [2.45, 2.75) is 88.7 Å². The largest absolute Gasteiger partial charge is 0.444 e. The molecular weight excluding hydrogens is 645 g/mol. The Hall–Kier alpha value is -3.36. The summed E-state index contributed by atoms with van der Waals surface area (Å²) < 4.78 is 56.7. The summed E-state index contributed by atoms with van der Waals surface area (Å²) in [5.41, 5.74) is -0.509. The van der Waals surface area contributed by atoms with Gasteiger partial charge in [0, 0.05) is 38.1 Å². The number of ether oxygens (including phenoxy) is 1. The van der Waals surface area contributed by atoms with Crippen molar-refractivity contribution >= 4 is 48.9 Å². The van der Waals surface area contributed by atoms with E-state index in [1.165, 1.54) is 31.3 Å². The number of nitrogens with zero attached hydrogens (tertiary/aromatic N) is 2. The van der Waals surface area contributed by atoms with Gasteiger partial charge in [-0.25, -0.2) is 21.6 Å². The Morgan fingerprint density at radius 2 is 1.60 bits per heavy atom. The first kappa shape index (κ1) is 38.1. The minimum Gasteiger partial charge on any atom is -0.444 e. The van der Waals surface area contributed by atoms with Crippen molar-refractivity contribution in [3.05, 3.63) is 48.0 Å². The fraction of sp³-hybridized carbons (Fsp3) is 0.576. The summed E-state index contributed by atoms with van der Waals surface area (Å²) in [5, 5.41) is 16.5. The third kappa shape index (κ3) is 11.4. The third-order valence-electron chi connectivity index (χ3n) is 8.07. The number of carbonyl (C=O) groups excluding carboxylic acids is 2. The SMILES string of the molecule is CCCCCCCS(=O)(=O)c1ccc(NC(=O)c2cc(N3CCC(O)(CNC(=O)OC(C)(C)C)CC3)ccc2N(C)S(C)(=O)=O)cc1. The molecule has 0 aliphatic carbocycles. The number of hydrogen-bond donors (Lipinski definition) is 3. The maximum Gasteiger partial charge on any atom is 0.407 e. The second-order valence-electron chi connectivity index (χ2n) is 13.2. The fourth-order valence-electron chi connectivity index (χ4n) is 5.22. The summed E-state index contributed by atoms with van der Waals surface area (Å²) in [4.78, 5) is 27.8. The van der Waals surface area contributed by atoms with Crippen LogP contribution in [-0.2, 0) is 24.6 Å². The number of unbranched alkanes of at least 4 members (excludes halogenated alkanes) is 4. The van der Waals surface area contributed by atoms with E-state index < -0.39 is 43.1 Å². The summed E-state index contributed by atoms with van der Waals surface area (Å²) in [6, 6.07) is 10.8. The molecule has 1 saturated heterocycles. The van der Waals surface area contributed by atoms with Crippen molar-refractivity contribution in [2.75, 3.05) is 53.2 Å². The molecule has 1 heterocycles. The molecule has 0 bridgehead atoms. The zero-order valence-electron chi connectivity index (χ0n) is 28.3. The topological polar surface area (TPSA) is 162 Å². The molecule has 1 aliphatic heterocycles. The molecule has 0 aromatic heterocycles. The van der Waals surface area contributed by atoms with Crippen LogP contribution in [0.3, 0.4) is 0 Å². The van der Waals surface area contributed by atoms with E-state index in [2.05, 4.69) is 17.6 Å². The summed E-state index contributed by atoms with van der Waals surface area (Å²) in [6.45, 7) is 8.24. The van der Waals surface area contributed by atoms with Gasteiger partial charge in [0.25, 0.3) is 5.91 Å². The molecule has 14 heteroatoms. The molecule has 1 fully saturated rings. The maximum absolute atomic E-state index is 13.6. The zero-order chi connectivity index (χ0) is 35.0. The molecule has 262 valence electrons. The van der Waals surface area contributed by atoms with E-state index in [9.17, 15) is 31.5 Å². The quantitative estimate of drug-likeness (QED) is 0.233. The summed E-state index contributed by atoms with van der Waals surface area (Å²) in [6.07, 6.45) is 5.71. The van der Waals surface area contributed by atoms with E-state index in [1.807, 2.05) is 4.90 Å². The lowest BCUT2D eigenvalue weighted by Gasteiger charge is -2.39. The van der Waals surface area contributed by atoms with Crippen LogP contribution < -0.4 is 19.8 Å². The molecule has 12 nitrogen and oxygen atoms in total. The predicted octanol–water partition coefficient (Wildman–Crippen LogP) is 4.93. The van der Waals surface area contributed by atoms with Crippen molar-refractivity contribution in [1.29, 1.82) is 0 Å². The Labute approximate surface area is 279 Å². The highest BCUT2D eigenvalue weighted by atomic mass is 32.2. The van der Waals surface area contributed by atoms with Crippen molar-refractivity contribution in [3.8, 4) is 0 Å². The van der Waals surface area contributed by atoms with E-state index in [0.717, 1.165) is 36.2 Å². The monoisotopic (exact) mass is 694 g/mol. The first-order valence-corrected chi connectivity index (χ1v) is 19.5. The second-order valence-corrected chi connectivity index (χ2v) is 17.3. The number of piperidine rings is 1. The molecule has 47 heavy (non-hydrogen) atoms. The number of aliphatic hydroxyl groups is 1. The number of rotatable bonds is 14. The van der Waals surface area contributed by atoms with E-state index >= 15 is 0 Å². The van der Waals surface area contributed by atoms with Gasteiger partial charge in [-0.3, -0.25) is 9.10 Å². The number of amides is 2. The number of anilines is 3. The molecule has 0 unspecified atom stereocenters. The van der Waals surface area contributed by atoms with E-state index in [4.69, 9.17) is 4.74 Å². The average Bonchev–Trinajstić information content (AvgIpc) is 2.99. The van der Waals surface area contributed by atoms with Gasteiger partial charge in [-0.2, -0.15) is 0 Å². The summed E-state index contributed by atoms with van der Waals surface area (Å²) in [7, 11) is -5.80. The van der Waals surface area contributed by atoms with Crippen molar-refractivity contribution in [2.24, 2.45) is 0 Å². The van der Waals surface area contributed by atoms with Crippen molar-refractivity contribution in [3.63, 3.8) is 0 Å². The molecule has 2 aromatic carbocycles. The van der Waals surface area contributed by atoms with Crippen LogP contribution >= 0.6 is 0 Å². The Morgan fingerprint density at radius 1 is 0.979 bits per heavy atom. The molecule has 2 amide bonds. The van der Waals surface area contributed by atoms with Crippen LogP contribution in [0.25, 0.3) is 0 Å². The third-order valence-corrected chi connectivity index (χ3v) is 11.1. The smallest absolute Gasteiger partial charge is 0.407 e. The fourth-order valence-corrected chi connectivity index (χ4v) is 7.11. The standard InChI is InChI=1S/C33H50N4O8S2/c1-7-8-9-10-11-22-47(43,44)27-15-12-25(13-16-27)35-30(38)28-23-26(14-17-29(28)36(5)46(6,41)42)37-20-18-33(40,19-21-37)24-34-31(39)45-32(2,3)4/h12-17,23,40H,7-11,18-22,24H2,1-6H3,(H,34,39)(H,35,38). The van der Waals surface area contributed by atoms with Gasteiger partial charge in [0.05, 0.1) is 33.8 Å². The summed E-state index contributed by atoms with van der Waals surface area (Å²) in [5.74, 6) is -0.510. The number of sulfone groups is 1. The van der Waals surface area contributed by atoms with Crippen LogP contribution in [0.5, 0.6) is 0 Å². The molecule has 3 N–H and O–H groups in total. The zero-order valence-corrected chi connectivity index (χ0v) is 30.0. The molecule has 0 saturated carbocycles. The van der Waals surface area contributed by atoms with Gasteiger partial charge >= 0.3 is 6.09 Å². The van der Waals surface area contributed by atoms with Crippen molar-refractivity contribution < 1.29 is 36.3 Å². The lowest BCUT2D eigenvalue weighted by Crippen LogP contribution is -2.51. The van der Waals surface area contributed by atoms with E-state index in [-0.39, 0.29) is 28.4 Å². The molecule has 0 atom stereocenters. The molecule has 0 radical (unpaired) electrons. The Bertz CT molecular complexity index is 1600. The molecule has 0 spiro atoms. The first-order chi connectivity index (χ1) is 21.8. The highest BCUT2D eigenvalue weighted by Gasteiger charge is 2.34. The first-order valence-electron chi connectivity index (χ1n) is 16.0. The van der Waals surface area contributed by atoms with Crippen molar-refractivity contribution in [1.82, 2.24) is 5.32 Å². The number of sulfonamides is 1. The van der Waals surface area contributed by atoms with Gasteiger partial charge in [0.2, 0.25) is 10.0 Å². The molecular formula is C33H50N4O8S2. The second kappa shape index (κ2) is 15.7. The Kier molecular flexibility index (Phi) is 12.7. The lowest BCUT2D eigenvalue weighted by molar-refractivity contribution is 0.00800. The Balaban J connectivity index is 1.74. The molecule has 1 aliphatic rings. The average molecular weight is 695 g/mol. The van der Waals surface area contributed by atoms with Gasteiger partial charge in [-0.1, -0.05) is 32.6 Å². The van der Waals surface area contributed by atoms with E-state index in [1.54, 1.807) is 39.0 Å². The number of carbonyl (C=O) groups is 2. The van der Waals surface area contributed by atoms with Crippen LogP contribution in [0.4, 0.5) is 21.9 Å². The number of alkyl carbamates (subject to hydrolysis) is 1. The van der Waals surface area contributed by atoms with Crippen LogP contribution in [0.1, 0.15) is 83.0 Å². The van der Waals surface area contributed by atoms with Crippen LogP contribution in [-0.4, -0.2) is 83.8 Å². The van der Waals surface area contributed by atoms with Gasteiger partial charge < -0.3 is 25.4 Å². The lowest BCUT2D eigenvalue weighted by atomic mass is 9.91.